The van der Waals surface area contributed by atoms with Crippen molar-refractivity contribution in [1.29, 1.82) is 0 Å². The van der Waals surface area contributed by atoms with Gasteiger partial charge in [-0.05, 0) is 44.0 Å². The third-order valence-electron chi connectivity index (χ3n) is 5.48. The Hall–Kier alpha value is -2.25. The fourth-order valence-corrected chi connectivity index (χ4v) is 4.07. The van der Waals surface area contributed by atoms with Crippen molar-refractivity contribution in [1.82, 2.24) is 25.0 Å². The van der Waals surface area contributed by atoms with Gasteiger partial charge in [0.1, 0.15) is 12.7 Å². The lowest BCUT2D eigenvalue weighted by Gasteiger charge is -2.48. The number of aromatic nitrogens is 3. The van der Waals surface area contributed by atoms with Crippen LogP contribution in [0.2, 0.25) is 0 Å². The third-order valence-corrected chi connectivity index (χ3v) is 5.48. The molecule has 1 spiro atoms. The molecule has 3 heterocycles. The predicted molar refractivity (Wildman–Crippen MR) is 92.4 cm³/mol. The number of rotatable bonds is 2. The maximum atomic E-state index is 13.0. The van der Waals surface area contributed by atoms with E-state index >= 15 is 0 Å². The van der Waals surface area contributed by atoms with E-state index in [0.29, 0.717) is 12.1 Å². The number of carbonyl (C=O) groups is 1. The highest BCUT2D eigenvalue weighted by molar-refractivity contribution is 5.94. The maximum absolute atomic E-state index is 13.0. The fourth-order valence-electron chi connectivity index (χ4n) is 4.07. The van der Waals surface area contributed by atoms with Gasteiger partial charge in [0.05, 0.1) is 6.10 Å². The number of nitrogens with one attached hydrogen (secondary N) is 1. The summed E-state index contributed by atoms with van der Waals surface area (Å²) in [5.74, 6) is 0.0202. The van der Waals surface area contributed by atoms with E-state index in [0.717, 1.165) is 44.6 Å². The molecule has 7 heteroatoms. The summed E-state index contributed by atoms with van der Waals surface area (Å²) < 4.78 is 1.78. The summed E-state index contributed by atoms with van der Waals surface area (Å²) in [6, 6.07) is 7.50. The van der Waals surface area contributed by atoms with Crippen LogP contribution in [-0.2, 0) is 0 Å². The summed E-state index contributed by atoms with van der Waals surface area (Å²) in [6.45, 7) is 2.97. The molecule has 0 unspecified atom stereocenters. The second-order valence-corrected chi connectivity index (χ2v) is 7.09. The second-order valence-electron chi connectivity index (χ2n) is 7.09. The number of aliphatic hydroxyl groups excluding tert-OH is 1. The number of piperidine rings is 2. The lowest BCUT2D eigenvalue weighted by Crippen LogP contribution is -2.58. The zero-order chi connectivity index (χ0) is 17.3. The Morgan fingerprint density at radius 2 is 2.16 bits per heavy atom. The number of aliphatic hydroxyl groups is 1. The SMILES string of the molecule is O=C(c1cccc(-n2cnnc2)c1)N1CCC[C@]2(CNCC[C@@H]2O)C1. The van der Waals surface area contributed by atoms with Crippen LogP contribution in [0.5, 0.6) is 0 Å². The highest BCUT2D eigenvalue weighted by Gasteiger charge is 2.44. The summed E-state index contributed by atoms with van der Waals surface area (Å²) in [5.41, 5.74) is 1.31. The normalized spacial score (nSPS) is 26.8. The maximum Gasteiger partial charge on any atom is 0.253 e. The molecule has 4 rings (SSSR count). The van der Waals surface area contributed by atoms with E-state index < -0.39 is 0 Å². The molecule has 2 saturated heterocycles. The molecular formula is C18H23N5O2. The number of benzene rings is 1. The Morgan fingerprint density at radius 1 is 1.32 bits per heavy atom. The van der Waals surface area contributed by atoms with Crippen LogP contribution in [0.25, 0.3) is 5.69 Å². The molecule has 2 aliphatic rings. The van der Waals surface area contributed by atoms with E-state index in [1.807, 2.05) is 29.2 Å². The Bertz CT molecular complexity index is 744. The average molecular weight is 341 g/mol. The Balaban J connectivity index is 1.55. The van der Waals surface area contributed by atoms with Gasteiger partial charge in [0, 0.05) is 36.3 Å². The molecule has 0 radical (unpaired) electrons. The minimum Gasteiger partial charge on any atom is -0.392 e. The predicted octanol–water partition coefficient (Wildman–Crippen LogP) is 0.844. The van der Waals surface area contributed by atoms with Crippen LogP contribution in [-0.4, -0.2) is 63.0 Å². The Labute approximate surface area is 146 Å². The lowest BCUT2D eigenvalue weighted by atomic mass is 9.72. The molecule has 1 aromatic carbocycles. The number of hydrogen-bond acceptors (Lipinski definition) is 5. The van der Waals surface area contributed by atoms with Crippen LogP contribution in [0.1, 0.15) is 29.6 Å². The van der Waals surface area contributed by atoms with Crippen LogP contribution in [0, 0.1) is 5.41 Å². The van der Waals surface area contributed by atoms with Crippen molar-refractivity contribution in [3.05, 3.63) is 42.5 Å². The molecule has 132 valence electrons. The number of hydrogen-bond donors (Lipinski definition) is 2. The van der Waals surface area contributed by atoms with E-state index in [1.54, 1.807) is 17.2 Å². The molecule has 2 fully saturated rings. The van der Waals surface area contributed by atoms with Crippen LogP contribution in [0.4, 0.5) is 0 Å². The first kappa shape index (κ1) is 16.2. The minimum absolute atomic E-state index is 0.0202. The minimum atomic E-state index is -0.340. The summed E-state index contributed by atoms with van der Waals surface area (Å²) in [5, 5.41) is 21.5. The van der Waals surface area contributed by atoms with Crippen molar-refractivity contribution >= 4 is 5.91 Å². The smallest absolute Gasteiger partial charge is 0.253 e. The van der Waals surface area contributed by atoms with Gasteiger partial charge >= 0.3 is 0 Å². The molecule has 0 aliphatic carbocycles. The number of nitrogens with zero attached hydrogens (tertiary/aromatic N) is 4. The first-order valence-electron chi connectivity index (χ1n) is 8.81. The van der Waals surface area contributed by atoms with Gasteiger partial charge in [-0.3, -0.25) is 9.36 Å². The van der Waals surface area contributed by atoms with Gasteiger partial charge in [0.15, 0.2) is 0 Å². The van der Waals surface area contributed by atoms with Gasteiger partial charge in [0.25, 0.3) is 5.91 Å². The molecule has 2 atom stereocenters. The first-order chi connectivity index (χ1) is 12.2. The van der Waals surface area contributed by atoms with Gasteiger partial charge in [-0.25, -0.2) is 0 Å². The van der Waals surface area contributed by atoms with E-state index in [1.165, 1.54) is 0 Å². The summed E-state index contributed by atoms with van der Waals surface area (Å²) in [4.78, 5) is 14.9. The highest BCUT2D eigenvalue weighted by Crippen LogP contribution is 2.36. The quantitative estimate of drug-likeness (QED) is 0.846. The average Bonchev–Trinajstić information content (AvgIpc) is 3.19. The molecule has 0 bridgehead atoms. The van der Waals surface area contributed by atoms with Crippen molar-refractivity contribution in [2.45, 2.75) is 25.4 Å². The van der Waals surface area contributed by atoms with Gasteiger partial charge in [0.2, 0.25) is 0 Å². The molecule has 1 amide bonds. The van der Waals surface area contributed by atoms with Crippen LogP contribution in [0.15, 0.2) is 36.9 Å². The third kappa shape index (κ3) is 3.05. The van der Waals surface area contributed by atoms with Crippen molar-refractivity contribution < 1.29 is 9.90 Å². The number of amides is 1. The van der Waals surface area contributed by atoms with E-state index in [9.17, 15) is 9.90 Å². The van der Waals surface area contributed by atoms with Gasteiger partial charge < -0.3 is 15.3 Å². The van der Waals surface area contributed by atoms with E-state index in [2.05, 4.69) is 15.5 Å². The van der Waals surface area contributed by atoms with E-state index in [-0.39, 0.29) is 17.4 Å². The standard InChI is InChI=1S/C18H23N5O2/c24-16-5-7-19-10-18(16)6-2-8-22(11-18)17(25)14-3-1-4-15(9-14)23-12-20-21-13-23/h1,3-4,9,12-13,16,19,24H,2,5-8,10-11H2/t16-,18-/m0/s1. The van der Waals surface area contributed by atoms with Crippen molar-refractivity contribution in [3.8, 4) is 5.69 Å². The van der Waals surface area contributed by atoms with Crippen molar-refractivity contribution in [3.63, 3.8) is 0 Å². The second kappa shape index (κ2) is 6.57. The Morgan fingerprint density at radius 3 is 2.96 bits per heavy atom. The summed E-state index contributed by atoms with van der Waals surface area (Å²) >= 11 is 0. The van der Waals surface area contributed by atoms with Crippen molar-refractivity contribution in [2.24, 2.45) is 5.41 Å². The fraction of sp³-hybridized carbons (Fsp3) is 0.500. The zero-order valence-electron chi connectivity index (χ0n) is 14.1. The molecule has 25 heavy (non-hydrogen) atoms. The van der Waals surface area contributed by atoms with E-state index in [4.69, 9.17) is 0 Å². The topological polar surface area (TPSA) is 83.3 Å². The van der Waals surface area contributed by atoms with Crippen LogP contribution in [0.3, 0.4) is 0 Å². The summed E-state index contributed by atoms with van der Waals surface area (Å²) in [7, 11) is 0. The molecular weight excluding hydrogens is 318 g/mol. The Kier molecular flexibility index (Phi) is 4.27. The zero-order valence-corrected chi connectivity index (χ0v) is 14.1. The van der Waals surface area contributed by atoms with Gasteiger partial charge in [-0.2, -0.15) is 0 Å². The largest absolute Gasteiger partial charge is 0.392 e. The molecule has 7 nitrogen and oxygen atoms in total. The number of carbonyl (C=O) groups excluding carboxylic acids is 1. The number of likely N-dealkylation sites (tertiary alicyclic amines) is 1. The first-order valence-corrected chi connectivity index (χ1v) is 8.81. The molecule has 1 aromatic heterocycles. The van der Waals surface area contributed by atoms with Crippen LogP contribution >= 0.6 is 0 Å². The lowest BCUT2D eigenvalue weighted by molar-refractivity contribution is -0.0433. The molecule has 0 saturated carbocycles. The molecule has 2 N–H and O–H groups in total. The molecule has 2 aliphatic heterocycles. The monoisotopic (exact) mass is 341 g/mol. The van der Waals surface area contributed by atoms with Gasteiger partial charge in [-0.15, -0.1) is 10.2 Å². The highest BCUT2D eigenvalue weighted by atomic mass is 16.3. The summed E-state index contributed by atoms with van der Waals surface area (Å²) in [6.07, 6.45) is 5.53. The van der Waals surface area contributed by atoms with Crippen LogP contribution < -0.4 is 5.32 Å². The van der Waals surface area contributed by atoms with Gasteiger partial charge in [-0.1, -0.05) is 6.07 Å². The molecule has 2 aromatic rings. The van der Waals surface area contributed by atoms with Crippen molar-refractivity contribution in [2.75, 3.05) is 26.2 Å².